The first-order valence-electron chi connectivity index (χ1n) is 5.72. The number of nitrogens with one attached hydrogen (secondary N) is 1. The van der Waals surface area contributed by atoms with Crippen molar-refractivity contribution in [3.8, 4) is 11.5 Å². The highest BCUT2D eigenvalue weighted by molar-refractivity contribution is 5.38. The number of methoxy groups -OCH3 is 2. The maximum Gasteiger partial charge on any atom is 0.122 e. The number of hydrogen-bond acceptors (Lipinski definition) is 3. The summed E-state index contributed by atoms with van der Waals surface area (Å²) >= 11 is 0. The Hall–Kier alpha value is -1.22. The van der Waals surface area contributed by atoms with Gasteiger partial charge in [-0.15, -0.1) is 0 Å². The number of ether oxygens (including phenoxy) is 2. The molecule has 3 heteroatoms. The molecule has 0 heterocycles. The van der Waals surface area contributed by atoms with Crippen molar-refractivity contribution in [1.29, 1.82) is 0 Å². The average molecular weight is 223 g/mol. The molecule has 3 nitrogen and oxygen atoms in total. The van der Waals surface area contributed by atoms with Gasteiger partial charge in [0.25, 0.3) is 0 Å². The zero-order valence-electron chi connectivity index (χ0n) is 10.4. The first-order chi connectivity index (χ1) is 7.80. The number of hydrogen-bond donors (Lipinski definition) is 1. The molecule has 0 aliphatic heterocycles. The van der Waals surface area contributed by atoms with Crippen LogP contribution in [0, 0.1) is 0 Å². The van der Waals surface area contributed by atoms with Crippen molar-refractivity contribution < 1.29 is 9.47 Å². The minimum absolute atomic E-state index is 0.852. The maximum absolute atomic E-state index is 5.22. The van der Waals surface area contributed by atoms with Crippen LogP contribution in [-0.4, -0.2) is 27.3 Å². The molecular weight excluding hydrogens is 202 g/mol. The second-order valence-corrected chi connectivity index (χ2v) is 3.72. The molecule has 0 amide bonds. The summed E-state index contributed by atoms with van der Waals surface area (Å²) in [5, 5.41) is 3.38. The standard InChI is InChI=1S/C13H21NO2/c1-4-6-14-7-5-11-8-12(15-2)10-13(9-11)16-3/h8-10,14H,4-7H2,1-3H3. The summed E-state index contributed by atoms with van der Waals surface area (Å²) in [6, 6.07) is 6.00. The summed E-state index contributed by atoms with van der Waals surface area (Å²) in [5.41, 5.74) is 1.24. The molecule has 0 aliphatic carbocycles. The summed E-state index contributed by atoms with van der Waals surface area (Å²) in [6.07, 6.45) is 2.16. The van der Waals surface area contributed by atoms with E-state index in [1.54, 1.807) is 14.2 Å². The Morgan fingerprint density at radius 3 is 2.12 bits per heavy atom. The fraction of sp³-hybridized carbons (Fsp3) is 0.538. The lowest BCUT2D eigenvalue weighted by atomic mass is 10.1. The minimum Gasteiger partial charge on any atom is -0.497 e. The van der Waals surface area contributed by atoms with Crippen LogP contribution < -0.4 is 14.8 Å². The van der Waals surface area contributed by atoms with Crippen LogP contribution in [-0.2, 0) is 6.42 Å². The van der Waals surface area contributed by atoms with Crippen LogP contribution in [0.2, 0.25) is 0 Å². The SMILES string of the molecule is CCCNCCc1cc(OC)cc(OC)c1. The molecule has 90 valence electrons. The normalized spacial score (nSPS) is 10.2. The maximum atomic E-state index is 5.22. The third-order valence-electron chi connectivity index (χ3n) is 2.43. The highest BCUT2D eigenvalue weighted by Gasteiger charge is 2.01. The van der Waals surface area contributed by atoms with Crippen molar-refractivity contribution >= 4 is 0 Å². The van der Waals surface area contributed by atoms with Crippen LogP contribution in [0.5, 0.6) is 11.5 Å². The molecule has 0 aliphatic rings. The molecule has 0 spiro atoms. The van der Waals surface area contributed by atoms with Crippen LogP contribution >= 0.6 is 0 Å². The second kappa shape index (κ2) is 7.12. The molecule has 0 atom stereocenters. The van der Waals surface area contributed by atoms with E-state index in [-0.39, 0.29) is 0 Å². The Morgan fingerprint density at radius 1 is 1.00 bits per heavy atom. The molecule has 0 saturated carbocycles. The highest BCUT2D eigenvalue weighted by Crippen LogP contribution is 2.22. The van der Waals surface area contributed by atoms with Gasteiger partial charge in [-0.1, -0.05) is 6.92 Å². The van der Waals surface area contributed by atoms with E-state index in [1.165, 1.54) is 12.0 Å². The van der Waals surface area contributed by atoms with Crippen LogP contribution in [0.15, 0.2) is 18.2 Å². The molecule has 1 aromatic carbocycles. The van der Waals surface area contributed by atoms with Crippen molar-refractivity contribution in [3.63, 3.8) is 0 Å². The number of rotatable bonds is 7. The average Bonchev–Trinajstić information content (AvgIpc) is 2.34. The molecule has 1 aromatic rings. The van der Waals surface area contributed by atoms with Crippen molar-refractivity contribution in [2.24, 2.45) is 0 Å². The third kappa shape index (κ3) is 4.11. The van der Waals surface area contributed by atoms with Crippen molar-refractivity contribution in [1.82, 2.24) is 5.32 Å². The van der Waals surface area contributed by atoms with E-state index in [0.29, 0.717) is 0 Å². The molecule has 1 rings (SSSR count). The second-order valence-electron chi connectivity index (χ2n) is 3.72. The van der Waals surface area contributed by atoms with E-state index < -0.39 is 0 Å². The molecule has 0 saturated heterocycles. The van der Waals surface area contributed by atoms with Crippen LogP contribution in [0.25, 0.3) is 0 Å². The lowest BCUT2D eigenvalue weighted by Crippen LogP contribution is -2.17. The van der Waals surface area contributed by atoms with Crippen molar-refractivity contribution in [2.45, 2.75) is 19.8 Å². The van der Waals surface area contributed by atoms with Gasteiger partial charge in [-0.2, -0.15) is 0 Å². The molecule has 0 fully saturated rings. The third-order valence-corrected chi connectivity index (χ3v) is 2.43. The van der Waals surface area contributed by atoms with Crippen LogP contribution in [0.1, 0.15) is 18.9 Å². The fourth-order valence-corrected chi connectivity index (χ4v) is 1.55. The lowest BCUT2D eigenvalue weighted by Gasteiger charge is -2.08. The first kappa shape index (κ1) is 12.8. The predicted octanol–water partition coefficient (Wildman–Crippen LogP) is 2.25. The zero-order valence-corrected chi connectivity index (χ0v) is 10.4. The van der Waals surface area contributed by atoms with Gasteiger partial charge in [0.05, 0.1) is 14.2 Å². The van der Waals surface area contributed by atoms with Gasteiger partial charge >= 0.3 is 0 Å². The van der Waals surface area contributed by atoms with Crippen molar-refractivity contribution in [3.05, 3.63) is 23.8 Å². The quantitative estimate of drug-likeness (QED) is 0.719. The Morgan fingerprint density at radius 2 is 1.62 bits per heavy atom. The van der Waals surface area contributed by atoms with Gasteiger partial charge in [0.15, 0.2) is 0 Å². The van der Waals surface area contributed by atoms with Crippen LogP contribution in [0.4, 0.5) is 0 Å². The van der Waals surface area contributed by atoms with E-state index in [2.05, 4.69) is 24.4 Å². The Balaban J connectivity index is 2.57. The van der Waals surface area contributed by atoms with Gasteiger partial charge in [0.1, 0.15) is 11.5 Å². The van der Waals surface area contributed by atoms with Gasteiger partial charge < -0.3 is 14.8 Å². The van der Waals surface area contributed by atoms with E-state index in [1.807, 2.05) is 6.07 Å². The molecule has 0 aromatic heterocycles. The molecule has 1 N–H and O–H groups in total. The summed E-state index contributed by atoms with van der Waals surface area (Å²) < 4.78 is 10.4. The van der Waals surface area contributed by atoms with Gasteiger partial charge in [0.2, 0.25) is 0 Å². The molecule has 16 heavy (non-hydrogen) atoms. The largest absolute Gasteiger partial charge is 0.497 e. The first-order valence-corrected chi connectivity index (χ1v) is 5.72. The topological polar surface area (TPSA) is 30.5 Å². The Bertz CT molecular complexity index is 291. The summed E-state index contributed by atoms with van der Waals surface area (Å²) in [7, 11) is 3.35. The zero-order chi connectivity index (χ0) is 11.8. The number of benzene rings is 1. The van der Waals surface area contributed by atoms with E-state index >= 15 is 0 Å². The van der Waals surface area contributed by atoms with E-state index in [4.69, 9.17) is 9.47 Å². The lowest BCUT2D eigenvalue weighted by molar-refractivity contribution is 0.393. The molecule has 0 unspecified atom stereocenters. The smallest absolute Gasteiger partial charge is 0.122 e. The van der Waals surface area contributed by atoms with Crippen molar-refractivity contribution in [2.75, 3.05) is 27.3 Å². The Kier molecular flexibility index (Phi) is 5.72. The summed E-state index contributed by atoms with van der Waals surface area (Å²) in [6.45, 7) is 4.23. The predicted molar refractivity (Wildman–Crippen MR) is 66.4 cm³/mol. The van der Waals surface area contributed by atoms with Gasteiger partial charge in [-0.3, -0.25) is 0 Å². The highest BCUT2D eigenvalue weighted by atomic mass is 16.5. The van der Waals surface area contributed by atoms with E-state index in [0.717, 1.165) is 31.0 Å². The van der Waals surface area contributed by atoms with Crippen LogP contribution in [0.3, 0.4) is 0 Å². The van der Waals surface area contributed by atoms with Gasteiger partial charge in [-0.05, 0) is 43.6 Å². The molecular formula is C13H21NO2. The minimum atomic E-state index is 0.852. The summed E-state index contributed by atoms with van der Waals surface area (Å²) in [4.78, 5) is 0. The van der Waals surface area contributed by atoms with E-state index in [9.17, 15) is 0 Å². The molecule has 0 radical (unpaired) electrons. The van der Waals surface area contributed by atoms with Gasteiger partial charge in [0, 0.05) is 6.07 Å². The fourth-order valence-electron chi connectivity index (χ4n) is 1.55. The van der Waals surface area contributed by atoms with Gasteiger partial charge in [-0.25, -0.2) is 0 Å². The monoisotopic (exact) mass is 223 g/mol. The summed E-state index contributed by atoms with van der Waals surface area (Å²) in [5.74, 6) is 1.70. The Labute approximate surface area is 97.8 Å². The molecule has 0 bridgehead atoms.